The molecule has 3 N–H and O–H groups in total. The Morgan fingerprint density at radius 3 is 2.62 bits per heavy atom. The zero-order chi connectivity index (χ0) is 21.2. The lowest BCUT2D eigenvalue weighted by Crippen LogP contribution is -2.41. The van der Waals surface area contributed by atoms with E-state index in [0.29, 0.717) is 5.13 Å². The standard InChI is InChI=1S/C19H22N4O4S2/c1-23(2)17(24)11-20-18(25)22-19-21-15-8-7-13(10-16(15)28-19)12-5-4-6-14(9-12)29(3,26)27/h4-10,17,24H,11H2,1-3H3,(H2,20,21,22,25). The van der Waals surface area contributed by atoms with Crippen LogP contribution in [0.25, 0.3) is 21.3 Å². The van der Waals surface area contributed by atoms with Crippen molar-refractivity contribution in [2.24, 2.45) is 0 Å². The van der Waals surface area contributed by atoms with Gasteiger partial charge in [-0.15, -0.1) is 0 Å². The SMILES string of the molecule is CN(C)C(O)CNC(=O)Nc1nc2ccc(-c3cccc(S(C)(=O)=O)c3)cc2s1. The van der Waals surface area contributed by atoms with Crippen molar-refractivity contribution in [2.45, 2.75) is 11.1 Å². The number of nitrogens with one attached hydrogen (secondary N) is 2. The number of aliphatic hydroxyl groups excluding tert-OH is 1. The largest absolute Gasteiger partial charge is 0.377 e. The maximum atomic E-state index is 12.0. The van der Waals surface area contributed by atoms with Crippen LogP contribution in [0.5, 0.6) is 0 Å². The van der Waals surface area contributed by atoms with E-state index >= 15 is 0 Å². The molecule has 0 aliphatic heterocycles. The van der Waals surface area contributed by atoms with Gasteiger partial charge < -0.3 is 10.4 Å². The summed E-state index contributed by atoms with van der Waals surface area (Å²) in [6.45, 7) is 0.0879. The molecule has 2 aromatic carbocycles. The van der Waals surface area contributed by atoms with Crippen LogP contribution in [0.4, 0.5) is 9.93 Å². The molecule has 29 heavy (non-hydrogen) atoms. The summed E-state index contributed by atoms with van der Waals surface area (Å²) >= 11 is 1.31. The van der Waals surface area contributed by atoms with E-state index in [4.69, 9.17) is 0 Å². The third kappa shape index (κ3) is 5.30. The average Bonchev–Trinajstić information content (AvgIpc) is 3.06. The molecule has 10 heteroatoms. The second-order valence-electron chi connectivity index (χ2n) is 6.78. The van der Waals surface area contributed by atoms with E-state index in [1.54, 1.807) is 37.2 Å². The van der Waals surface area contributed by atoms with Crippen molar-refractivity contribution in [3.63, 3.8) is 0 Å². The molecule has 0 aliphatic rings. The van der Waals surface area contributed by atoms with E-state index in [9.17, 15) is 18.3 Å². The van der Waals surface area contributed by atoms with Gasteiger partial charge in [0, 0.05) is 6.26 Å². The Kier molecular flexibility index (Phi) is 6.18. The number of hydrogen-bond acceptors (Lipinski definition) is 7. The molecule has 0 radical (unpaired) electrons. The number of sulfone groups is 1. The predicted octanol–water partition coefficient (Wildman–Crippen LogP) is 2.37. The summed E-state index contributed by atoms with van der Waals surface area (Å²) in [6, 6.07) is 11.9. The number of nitrogens with zero attached hydrogens (tertiary/aromatic N) is 2. The second kappa shape index (κ2) is 8.46. The Morgan fingerprint density at radius 2 is 1.93 bits per heavy atom. The van der Waals surface area contributed by atoms with Gasteiger partial charge in [0.25, 0.3) is 0 Å². The van der Waals surface area contributed by atoms with Crippen molar-refractivity contribution in [1.29, 1.82) is 0 Å². The van der Waals surface area contributed by atoms with Gasteiger partial charge in [-0.25, -0.2) is 18.2 Å². The van der Waals surface area contributed by atoms with Gasteiger partial charge in [-0.3, -0.25) is 10.2 Å². The minimum atomic E-state index is -3.29. The minimum Gasteiger partial charge on any atom is -0.377 e. The highest BCUT2D eigenvalue weighted by atomic mass is 32.2. The summed E-state index contributed by atoms with van der Waals surface area (Å²) < 4.78 is 24.4. The fourth-order valence-electron chi connectivity index (χ4n) is 2.57. The van der Waals surface area contributed by atoms with Crippen molar-refractivity contribution in [2.75, 3.05) is 32.2 Å². The second-order valence-corrected chi connectivity index (χ2v) is 9.83. The lowest BCUT2D eigenvalue weighted by molar-refractivity contribution is 0.0435. The van der Waals surface area contributed by atoms with E-state index < -0.39 is 22.1 Å². The first-order valence-electron chi connectivity index (χ1n) is 8.74. The van der Waals surface area contributed by atoms with Crippen LogP contribution < -0.4 is 10.6 Å². The summed E-state index contributed by atoms with van der Waals surface area (Å²) in [7, 11) is 0.131. The molecule has 0 saturated carbocycles. The molecule has 0 spiro atoms. The number of thiazole rings is 1. The van der Waals surface area contributed by atoms with Crippen LogP contribution in [0, 0.1) is 0 Å². The highest BCUT2D eigenvalue weighted by Gasteiger charge is 2.12. The first-order chi connectivity index (χ1) is 13.6. The number of aliphatic hydroxyl groups is 1. The number of amides is 2. The van der Waals surface area contributed by atoms with Crippen LogP contribution in [0.15, 0.2) is 47.4 Å². The predicted molar refractivity (Wildman–Crippen MR) is 115 cm³/mol. The first-order valence-corrected chi connectivity index (χ1v) is 11.4. The molecule has 1 atom stereocenters. The summed E-state index contributed by atoms with van der Waals surface area (Å²) in [5.74, 6) is 0. The molecule has 0 saturated heterocycles. The average molecular weight is 435 g/mol. The molecular weight excluding hydrogens is 412 g/mol. The maximum absolute atomic E-state index is 12.0. The van der Waals surface area contributed by atoms with Crippen LogP contribution in [0.3, 0.4) is 0 Å². The molecule has 0 fully saturated rings. The van der Waals surface area contributed by atoms with Crippen LogP contribution >= 0.6 is 11.3 Å². The number of hydrogen-bond donors (Lipinski definition) is 3. The van der Waals surface area contributed by atoms with Crippen molar-refractivity contribution < 1.29 is 18.3 Å². The molecule has 0 bridgehead atoms. The van der Waals surface area contributed by atoms with E-state index in [1.165, 1.54) is 17.6 Å². The molecule has 3 aromatic rings. The summed E-state index contributed by atoms with van der Waals surface area (Å²) in [4.78, 5) is 18.2. The molecule has 154 valence electrons. The number of aromatic nitrogens is 1. The fraction of sp³-hybridized carbons (Fsp3) is 0.263. The number of rotatable bonds is 6. The third-order valence-corrected chi connectivity index (χ3v) is 6.29. The monoisotopic (exact) mass is 434 g/mol. The number of likely N-dealkylation sites (N-methyl/N-ethyl adjacent to an activating group) is 1. The van der Waals surface area contributed by atoms with Gasteiger partial charge in [0.2, 0.25) is 0 Å². The van der Waals surface area contributed by atoms with Crippen molar-refractivity contribution in [1.82, 2.24) is 15.2 Å². The van der Waals surface area contributed by atoms with Gasteiger partial charge >= 0.3 is 6.03 Å². The Hall–Kier alpha value is -2.53. The van der Waals surface area contributed by atoms with Crippen LogP contribution in [0.2, 0.25) is 0 Å². The van der Waals surface area contributed by atoms with E-state index in [2.05, 4.69) is 15.6 Å². The Morgan fingerprint density at radius 1 is 1.21 bits per heavy atom. The zero-order valence-electron chi connectivity index (χ0n) is 16.2. The number of anilines is 1. The van der Waals surface area contributed by atoms with Gasteiger partial charge in [0.1, 0.15) is 6.23 Å². The Labute approximate surface area is 173 Å². The topological polar surface area (TPSA) is 112 Å². The zero-order valence-corrected chi connectivity index (χ0v) is 17.8. The van der Waals surface area contributed by atoms with E-state index in [1.807, 2.05) is 24.3 Å². The molecule has 1 aromatic heterocycles. The van der Waals surface area contributed by atoms with Crippen molar-refractivity contribution in [3.05, 3.63) is 42.5 Å². The van der Waals surface area contributed by atoms with Gasteiger partial charge in [-0.05, 0) is 49.5 Å². The van der Waals surface area contributed by atoms with E-state index in [0.717, 1.165) is 21.3 Å². The smallest absolute Gasteiger partial charge is 0.321 e. The van der Waals surface area contributed by atoms with Crippen LogP contribution in [-0.2, 0) is 9.84 Å². The third-order valence-electron chi connectivity index (χ3n) is 4.25. The summed E-state index contributed by atoms with van der Waals surface area (Å²) in [5, 5.41) is 15.4. The highest BCUT2D eigenvalue weighted by molar-refractivity contribution is 7.90. The number of fused-ring (bicyclic) bond motifs is 1. The van der Waals surface area contributed by atoms with E-state index in [-0.39, 0.29) is 11.4 Å². The highest BCUT2D eigenvalue weighted by Crippen LogP contribution is 2.31. The number of benzene rings is 2. The number of carbonyl (C=O) groups is 1. The van der Waals surface area contributed by atoms with Crippen molar-refractivity contribution in [3.8, 4) is 11.1 Å². The molecular formula is C19H22N4O4S2. The van der Waals surface area contributed by atoms with Crippen molar-refractivity contribution >= 4 is 42.6 Å². The minimum absolute atomic E-state index is 0.0879. The molecule has 3 rings (SSSR count). The normalized spacial score (nSPS) is 12.9. The molecule has 0 aliphatic carbocycles. The first kappa shape index (κ1) is 21.2. The molecule has 1 heterocycles. The Balaban J connectivity index is 1.78. The fourth-order valence-corrected chi connectivity index (χ4v) is 4.14. The van der Waals surface area contributed by atoms with Crippen LogP contribution in [0.1, 0.15) is 0 Å². The summed E-state index contributed by atoms with van der Waals surface area (Å²) in [5.41, 5.74) is 2.37. The maximum Gasteiger partial charge on any atom is 0.321 e. The summed E-state index contributed by atoms with van der Waals surface area (Å²) in [6.07, 6.45) is 0.403. The quantitative estimate of drug-likeness (QED) is 0.514. The lowest BCUT2D eigenvalue weighted by atomic mass is 10.1. The molecule has 2 amide bonds. The Bertz CT molecular complexity index is 1140. The van der Waals surface area contributed by atoms with Gasteiger partial charge in [0.15, 0.2) is 15.0 Å². The molecule has 8 nitrogen and oxygen atoms in total. The van der Waals surface area contributed by atoms with Crippen LogP contribution in [-0.4, -0.2) is 62.6 Å². The van der Waals surface area contributed by atoms with Gasteiger partial charge in [0.05, 0.1) is 21.7 Å². The number of urea groups is 1. The van der Waals surface area contributed by atoms with Gasteiger partial charge in [-0.1, -0.05) is 29.5 Å². The lowest BCUT2D eigenvalue weighted by Gasteiger charge is -2.18. The number of carbonyl (C=O) groups excluding carboxylic acids is 1. The van der Waals surface area contributed by atoms with Gasteiger partial charge in [-0.2, -0.15) is 0 Å². The molecule has 1 unspecified atom stereocenters.